The normalized spacial score (nSPS) is 11.6. The predicted molar refractivity (Wildman–Crippen MR) is 136 cm³/mol. The van der Waals surface area contributed by atoms with E-state index in [0.29, 0.717) is 4.47 Å². The van der Waals surface area contributed by atoms with Crippen LogP contribution < -0.4 is 14.9 Å². The van der Waals surface area contributed by atoms with E-state index in [-0.39, 0.29) is 18.2 Å². The van der Waals surface area contributed by atoms with Crippen LogP contribution in [0.5, 0.6) is 12.0 Å². The molecule has 0 saturated heterocycles. The smallest absolute Gasteiger partial charge is 0.457 e. The van der Waals surface area contributed by atoms with Crippen molar-refractivity contribution in [1.82, 2.24) is 29.9 Å². The van der Waals surface area contributed by atoms with Crippen molar-refractivity contribution in [2.24, 2.45) is 0 Å². The van der Waals surface area contributed by atoms with Gasteiger partial charge in [0.15, 0.2) is 13.2 Å². The Balaban J connectivity index is 0.000000647. The van der Waals surface area contributed by atoms with E-state index in [1.807, 2.05) is 0 Å². The fraction of sp³-hybridized carbons (Fsp3) is 0.368. The highest BCUT2D eigenvalue weighted by Gasteiger charge is 2.59. The quantitative estimate of drug-likeness (QED) is 0.190. The van der Waals surface area contributed by atoms with E-state index < -0.39 is 56.6 Å². The Hall–Kier alpha value is -2.63. The van der Waals surface area contributed by atoms with Crippen molar-refractivity contribution in [2.45, 2.75) is 31.6 Å². The number of hydrogen-bond acceptors (Lipinski definition) is 10. The lowest BCUT2D eigenvalue weighted by Gasteiger charge is -2.18. The minimum absolute atomic E-state index is 0. The molecule has 10 nitrogen and oxygen atoms in total. The molecular weight excluding hydrogens is 772 g/mol. The fourth-order valence-corrected chi connectivity index (χ4v) is 2.19. The molecule has 0 spiro atoms. The molecule has 0 fully saturated rings. The average Bonchev–Trinajstić information content (AvgIpc) is 2.88. The third-order valence-electron chi connectivity index (χ3n) is 3.73. The molecule has 0 bridgehead atoms. The van der Waals surface area contributed by atoms with E-state index in [1.54, 1.807) is 12.4 Å². The largest absolute Gasteiger partial charge is 0.491 e. The van der Waals surface area contributed by atoms with Crippen molar-refractivity contribution in [1.29, 1.82) is 0 Å². The highest BCUT2D eigenvalue weighted by atomic mass is 79.9. The van der Waals surface area contributed by atoms with Crippen molar-refractivity contribution in [2.75, 3.05) is 13.2 Å². The van der Waals surface area contributed by atoms with Crippen molar-refractivity contribution in [3.63, 3.8) is 0 Å². The number of alkyl halides is 10. The molecule has 0 aliphatic rings. The summed E-state index contributed by atoms with van der Waals surface area (Å²) in [5, 5.41) is 17.6. The molecule has 2 N–H and O–H groups in total. The summed E-state index contributed by atoms with van der Waals surface area (Å²) in [5.41, 5.74) is -0.162. The maximum absolute atomic E-state index is 12.4. The van der Waals surface area contributed by atoms with Crippen LogP contribution in [0, 0.1) is 0 Å². The lowest BCUT2D eigenvalue weighted by atomic mass is 9.83. The van der Waals surface area contributed by atoms with Gasteiger partial charge in [0, 0.05) is 42.6 Å². The maximum Gasteiger partial charge on any atom is 0.491 e. The topological polar surface area (TPSA) is 136 Å². The first-order chi connectivity index (χ1) is 19.1. The molecule has 0 atom stereocenters. The van der Waals surface area contributed by atoms with Gasteiger partial charge in [0.25, 0.3) is 0 Å². The minimum Gasteiger partial charge on any atom is -0.457 e. The molecule has 24 heteroatoms. The van der Waals surface area contributed by atoms with E-state index in [9.17, 15) is 43.9 Å². The first-order valence-corrected chi connectivity index (χ1v) is 12.0. The summed E-state index contributed by atoms with van der Waals surface area (Å²) in [6.07, 6.45) is -4.24. The van der Waals surface area contributed by atoms with Crippen LogP contribution in [0.15, 0.2) is 46.1 Å². The molecule has 0 aromatic carbocycles. The third-order valence-corrected chi connectivity index (χ3v) is 4.74. The fourth-order valence-electron chi connectivity index (χ4n) is 1.68. The average molecular weight is 788 g/mol. The summed E-state index contributed by atoms with van der Waals surface area (Å²) in [6.45, 7) is -3.81. The molecule has 0 unspecified atom stereocenters. The monoisotopic (exact) mass is 786 g/mol. The van der Waals surface area contributed by atoms with Gasteiger partial charge in [-0.15, -0.1) is 0 Å². The number of ether oxygens (including phenoxy) is 2. The molecule has 0 amide bonds. The van der Waals surface area contributed by atoms with Crippen LogP contribution in [0.2, 0.25) is 5.28 Å². The molecule has 3 heterocycles. The molecule has 0 aliphatic carbocycles. The lowest BCUT2D eigenvalue weighted by molar-refractivity contribution is -0.290. The Morgan fingerprint density at radius 2 is 0.930 bits per heavy atom. The zero-order chi connectivity index (χ0) is 32.4. The number of rotatable bonds is 7. The molecule has 240 valence electrons. The van der Waals surface area contributed by atoms with Gasteiger partial charge in [-0.1, -0.05) is 7.43 Å². The molecule has 43 heavy (non-hydrogen) atoms. The maximum atomic E-state index is 12.4. The van der Waals surface area contributed by atoms with Gasteiger partial charge in [-0.05, 0) is 43.5 Å². The Kier molecular flexibility index (Phi) is 16.0. The summed E-state index contributed by atoms with van der Waals surface area (Å²) in [7, 11) is -1.88. The third kappa shape index (κ3) is 14.6. The van der Waals surface area contributed by atoms with Crippen LogP contribution in [-0.2, 0) is 0 Å². The second kappa shape index (κ2) is 17.0. The number of nitrogens with zero attached hydrogens (tertiary/aromatic N) is 6. The molecular formula is C19H16BBr2ClF10N6O4. The van der Waals surface area contributed by atoms with Gasteiger partial charge < -0.3 is 19.5 Å². The zero-order valence-electron chi connectivity index (χ0n) is 19.8. The molecule has 0 aliphatic heterocycles. The van der Waals surface area contributed by atoms with Crippen molar-refractivity contribution in [3.8, 4) is 12.0 Å². The van der Waals surface area contributed by atoms with Gasteiger partial charge in [-0.3, -0.25) is 0 Å². The summed E-state index contributed by atoms with van der Waals surface area (Å²) in [5.74, 6) is -9.95. The summed E-state index contributed by atoms with van der Waals surface area (Å²) in [6, 6.07) is -1.28. The van der Waals surface area contributed by atoms with Crippen LogP contribution in [-0.4, -0.2) is 84.5 Å². The molecule has 3 aromatic heterocycles. The van der Waals surface area contributed by atoms with Crippen LogP contribution in [0.4, 0.5) is 43.9 Å². The molecule has 0 saturated carbocycles. The summed E-state index contributed by atoms with van der Waals surface area (Å²) in [4.78, 5) is 20.6. The molecule has 3 rings (SSSR count). The number of aromatic nitrogens is 6. The van der Waals surface area contributed by atoms with Gasteiger partial charge in [0.05, 0.1) is 8.95 Å². The van der Waals surface area contributed by atoms with Gasteiger partial charge in [-0.2, -0.15) is 43.9 Å². The van der Waals surface area contributed by atoms with Crippen LogP contribution >= 0.6 is 43.5 Å². The predicted octanol–water partition coefficient (Wildman–Crippen LogP) is 5.08. The van der Waals surface area contributed by atoms with E-state index in [4.69, 9.17) is 21.6 Å². The van der Waals surface area contributed by atoms with Gasteiger partial charge in [-0.25, -0.2) is 29.9 Å². The second-order valence-electron chi connectivity index (χ2n) is 7.01. The van der Waals surface area contributed by atoms with E-state index in [2.05, 4.69) is 71.2 Å². The molecule has 3 aromatic rings. The summed E-state index contributed by atoms with van der Waals surface area (Å²) >= 11 is 11.5. The van der Waals surface area contributed by atoms with Gasteiger partial charge >= 0.3 is 43.3 Å². The van der Waals surface area contributed by atoms with Crippen LogP contribution in [0.1, 0.15) is 7.43 Å². The standard InChI is InChI=1S/C7H6BF5N2O3.C7H4BrF5N2O.C4H2BrClN2.CH4/c9-6(10,7(11,12)13)3-18-5-14-1-4(2-15-5)8(16)17;8-4-1-14-5(15-2-4)16-3-6(9,10)7(11,12)13;5-3-1-7-4(6)8-2-3;/h1-2,16-17H,3H2;1-2H,3H2;1-2H;1H4. The van der Waals surface area contributed by atoms with Gasteiger partial charge in [0.2, 0.25) is 5.28 Å². The Labute approximate surface area is 257 Å². The SMILES string of the molecule is C.Clc1ncc(Br)cn1.FC(F)(F)C(F)(F)COc1ncc(Br)cn1.OB(O)c1cnc(OCC(F)(F)C(F)(F)F)nc1. The van der Waals surface area contributed by atoms with E-state index in [0.717, 1.165) is 29.3 Å². The van der Waals surface area contributed by atoms with Crippen LogP contribution in [0.25, 0.3) is 0 Å². The van der Waals surface area contributed by atoms with Gasteiger partial charge in [0.1, 0.15) is 0 Å². The van der Waals surface area contributed by atoms with Crippen LogP contribution in [0.3, 0.4) is 0 Å². The lowest BCUT2D eigenvalue weighted by Crippen LogP contribution is -2.42. The first kappa shape index (κ1) is 40.4. The van der Waals surface area contributed by atoms with E-state index >= 15 is 0 Å². The first-order valence-electron chi connectivity index (χ1n) is 10.1. The van der Waals surface area contributed by atoms with Crippen molar-refractivity contribution >= 4 is 56.0 Å². The number of hydrogen-bond donors (Lipinski definition) is 2. The van der Waals surface area contributed by atoms with Crippen molar-refractivity contribution < 1.29 is 63.4 Å². The minimum atomic E-state index is -5.73. The Morgan fingerprint density at radius 1 is 0.628 bits per heavy atom. The van der Waals surface area contributed by atoms with Crippen molar-refractivity contribution in [3.05, 3.63) is 51.4 Å². The second-order valence-corrected chi connectivity index (χ2v) is 9.18. The Bertz CT molecular complexity index is 1210. The highest BCUT2D eigenvalue weighted by molar-refractivity contribution is 9.10. The zero-order valence-corrected chi connectivity index (χ0v) is 23.7. The summed E-state index contributed by atoms with van der Waals surface area (Å²) < 4.78 is 130. The van der Waals surface area contributed by atoms with E-state index in [1.165, 1.54) is 0 Å². The number of halogens is 13. The Morgan fingerprint density at radius 3 is 1.21 bits per heavy atom. The highest BCUT2D eigenvalue weighted by Crippen LogP contribution is 2.36. The molecule has 0 radical (unpaired) electrons.